The van der Waals surface area contributed by atoms with E-state index in [9.17, 15) is 18.0 Å². The van der Waals surface area contributed by atoms with E-state index in [0.717, 1.165) is 25.7 Å². The van der Waals surface area contributed by atoms with Crippen molar-refractivity contribution in [1.29, 1.82) is 0 Å². The van der Waals surface area contributed by atoms with E-state index < -0.39 is 12.6 Å². The van der Waals surface area contributed by atoms with Crippen LogP contribution in [0.25, 0.3) is 0 Å². The Morgan fingerprint density at radius 2 is 1.94 bits per heavy atom. The van der Waals surface area contributed by atoms with Crippen molar-refractivity contribution in [2.75, 3.05) is 0 Å². The monoisotopic (exact) mass is 249 g/mol. The van der Waals surface area contributed by atoms with E-state index in [2.05, 4.69) is 5.32 Å². The Labute approximate surface area is 98.9 Å². The van der Waals surface area contributed by atoms with Crippen LogP contribution < -0.4 is 5.32 Å². The van der Waals surface area contributed by atoms with Crippen molar-refractivity contribution in [1.82, 2.24) is 5.32 Å². The fraction of sp³-hybridized carbons (Fsp3) is 0.917. The maximum absolute atomic E-state index is 12.0. The number of ketones is 1. The van der Waals surface area contributed by atoms with E-state index in [-0.39, 0.29) is 18.2 Å². The Kier molecular flexibility index (Phi) is 3.76. The van der Waals surface area contributed by atoms with Crippen molar-refractivity contribution < 1.29 is 18.0 Å². The Morgan fingerprint density at radius 3 is 2.59 bits per heavy atom. The molecule has 98 valence electrons. The van der Waals surface area contributed by atoms with E-state index in [1.165, 1.54) is 6.42 Å². The summed E-state index contributed by atoms with van der Waals surface area (Å²) in [5.74, 6) is 0.236. The number of Topliss-reactive ketones (excluding diaryl/α,β-unsaturated/α-hetero) is 1. The third-order valence-electron chi connectivity index (χ3n) is 3.91. The maximum atomic E-state index is 12.0. The SMILES string of the molecule is O=C(CCC(F)(F)F)C1CC2CCCCC2N1. The van der Waals surface area contributed by atoms with Crippen molar-refractivity contribution >= 4 is 5.78 Å². The third-order valence-corrected chi connectivity index (χ3v) is 3.91. The Hall–Kier alpha value is -0.580. The summed E-state index contributed by atoms with van der Waals surface area (Å²) < 4.78 is 36.1. The van der Waals surface area contributed by atoms with Crippen LogP contribution >= 0.6 is 0 Å². The molecular weight excluding hydrogens is 231 g/mol. The first-order valence-electron chi connectivity index (χ1n) is 6.31. The molecule has 17 heavy (non-hydrogen) atoms. The minimum atomic E-state index is -4.22. The quantitative estimate of drug-likeness (QED) is 0.833. The second-order valence-electron chi connectivity index (χ2n) is 5.19. The van der Waals surface area contributed by atoms with Gasteiger partial charge in [-0.25, -0.2) is 0 Å². The van der Waals surface area contributed by atoms with Gasteiger partial charge < -0.3 is 5.32 Å². The molecule has 2 fully saturated rings. The molecule has 0 bridgehead atoms. The van der Waals surface area contributed by atoms with Gasteiger partial charge in [-0.2, -0.15) is 13.2 Å². The van der Waals surface area contributed by atoms with Gasteiger partial charge in [0.25, 0.3) is 0 Å². The van der Waals surface area contributed by atoms with Crippen molar-refractivity contribution in [3.63, 3.8) is 0 Å². The normalized spacial score (nSPS) is 33.5. The van der Waals surface area contributed by atoms with Crippen LogP contribution in [0.1, 0.15) is 44.9 Å². The van der Waals surface area contributed by atoms with Crippen LogP contribution in [0.4, 0.5) is 13.2 Å². The first-order valence-corrected chi connectivity index (χ1v) is 6.31. The molecular formula is C12H18F3NO. The number of halogens is 3. The fourth-order valence-corrected chi connectivity index (χ4v) is 3.00. The van der Waals surface area contributed by atoms with Gasteiger partial charge in [-0.3, -0.25) is 4.79 Å². The molecule has 1 aliphatic carbocycles. The number of rotatable bonds is 3. The lowest BCUT2D eigenvalue weighted by atomic mass is 9.84. The summed E-state index contributed by atoms with van der Waals surface area (Å²) in [4.78, 5) is 11.7. The summed E-state index contributed by atoms with van der Waals surface area (Å²) in [6, 6.07) is 0.0361. The highest BCUT2D eigenvalue weighted by Gasteiger charge is 2.39. The van der Waals surface area contributed by atoms with Crippen molar-refractivity contribution in [3.05, 3.63) is 0 Å². The smallest absolute Gasteiger partial charge is 0.304 e. The number of carbonyl (C=O) groups excluding carboxylic acids is 1. The largest absolute Gasteiger partial charge is 0.389 e. The molecule has 0 aromatic heterocycles. The first kappa shape index (κ1) is 12.9. The Morgan fingerprint density at radius 1 is 1.24 bits per heavy atom. The zero-order valence-electron chi connectivity index (χ0n) is 9.72. The molecule has 0 aromatic carbocycles. The number of fused-ring (bicyclic) bond motifs is 1. The summed E-state index contributed by atoms with van der Waals surface area (Å²) in [6.07, 6.45) is -0.319. The number of nitrogens with one attached hydrogen (secondary N) is 1. The number of hydrogen-bond acceptors (Lipinski definition) is 2. The van der Waals surface area contributed by atoms with Crippen LogP contribution in [0.15, 0.2) is 0 Å². The van der Waals surface area contributed by atoms with Crippen molar-refractivity contribution in [2.45, 2.75) is 63.2 Å². The minimum Gasteiger partial charge on any atom is -0.304 e. The Bertz CT molecular complexity index is 276. The molecule has 0 amide bonds. The van der Waals surface area contributed by atoms with Gasteiger partial charge >= 0.3 is 6.18 Å². The lowest BCUT2D eigenvalue weighted by molar-refractivity contribution is -0.143. The molecule has 3 atom stereocenters. The van der Waals surface area contributed by atoms with Crippen LogP contribution in [-0.2, 0) is 4.79 Å². The molecule has 0 aromatic rings. The van der Waals surface area contributed by atoms with Crippen molar-refractivity contribution in [3.8, 4) is 0 Å². The number of alkyl halides is 3. The molecule has 2 aliphatic rings. The van der Waals surface area contributed by atoms with Gasteiger partial charge in [0.2, 0.25) is 0 Å². The molecule has 1 aliphatic heterocycles. The number of carbonyl (C=O) groups is 1. The zero-order valence-corrected chi connectivity index (χ0v) is 9.72. The van der Waals surface area contributed by atoms with Gasteiger partial charge in [-0.1, -0.05) is 12.8 Å². The summed E-state index contributed by atoms with van der Waals surface area (Å²) in [6.45, 7) is 0. The van der Waals surface area contributed by atoms with Crippen LogP contribution in [0.2, 0.25) is 0 Å². The second kappa shape index (κ2) is 4.96. The van der Waals surface area contributed by atoms with E-state index in [1.54, 1.807) is 0 Å². The average Bonchev–Trinajstić information content (AvgIpc) is 2.68. The predicted octanol–water partition coefficient (Wildman–Crippen LogP) is 2.82. The van der Waals surface area contributed by atoms with E-state index in [0.29, 0.717) is 12.0 Å². The van der Waals surface area contributed by atoms with E-state index >= 15 is 0 Å². The van der Waals surface area contributed by atoms with Crippen LogP contribution in [0.3, 0.4) is 0 Å². The van der Waals surface area contributed by atoms with Crippen molar-refractivity contribution in [2.24, 2.45) is 5.92 Å². The van der Waals surface area contributed by atoms with E-state index in [1.807, 2.05) is 0 Å². The summed E-state index contributed by atoms with van der Waals surface area (Å²) in [5.41, 5.74) is 0. The molecule has 1 N–H and O–H groups in total. The molecule has 3 unspecified atom stereocenters. The molecule has 1 saturated heterocycles. The molecule has 0 spiro atoms. The molecule has 1 heterocycles. The molecule has 1 saturated carbocycles. The highest BCUT2D eigenvalue weighted by atomic mass is 19.4. The topological polar surface area (TPSA) is 29.1 Å². The minimum absolute atomic E-state index is 0.267. The predicted molar refractivity (Wildman–Crippen MR) is 57.6 cm³/mol. The maximum Gasteiger partial charge on any atom is 0.389 e. The van der Waals surface area contributed by atoms with Gasteiger partial charge in [0.05, 0.1) is 12.5 Å². The third kappa shape index (κ3) is 3.44. The van der Waals surface area contributed by atoms with Gasteiger partial charge in [0, 0.05) is 12.5 Å². The summed E-state index contributed by atoms with van der Waals surface area (Å²) in [7, 11) is 0. The average molecular weight is 249 g/mol. The van der Waals surface area contributed by atoms with Gasteiger partial charge in [0.15, 0.2) is 0 Å². The highest BCUT2D eigenvalue weighted by Crippen LogP contribution is 2.34. The molecule has 5 heteroatoms. The van der Waals surface area contributed by atoms with Gasteiger partial charge in [0.1, 0.15) is 5.78 Å². The second-order valence-corrected chi connectivity index (χ2v) is 5.19. The number of hydrogen-bond donors (Lipinski definition) is 1. The van der Waals surface area contributed by atoms with E-state index in [4.69, 9.17) is 0 Å². The van der Waals surface area contributed by atoms with Crippen LogP contribution in [-0.4, -0.2) is 24.0 Å². The van der Waals surface area contributed by atoms with Crippen LogP contribution in [0.5, 0.6) is 0 Å². The first-order chi connectivity index (χ1) is 7.96. The lowest BCUT2D eigenvalue weighted by Crippen LogP contribution is -2.37. The molecule has 2 nitrogen and oxygen atoms in total. The lowest BCUT2D eigenvalue weighted by Gasteiger charge is -2.24. The standard InChI is InChI=1S/C12H18F3NO/c13-12(14,15)6-5-11(17)10-7-8-3-1-2-4-9(8)16-10/h8-10,16H,1-7H2. The van der Waals surface area contributed by atoms with Crippen LogP contribution in [0, 0.1) is 5.92 Å². The fourth-order valence-electron chi connectivity index (χ4n) is 3.00. The zero-order chi connectivity index (χ0) is 12.5. The van der Waals surface area contributed by atoms with Gasteiger partial charge in [-0.05, 0) is 25.2 Å². The van der Waals surface area contributed by atoms with Gasteiger partial charge in [-0.15, -0.1) is 0 Å². The molecule has 2 rings (SSSR count). The Balaban J connectivity index is 1.81. The molecule has 0 radical (unpaired) electrons. The summed E-state index contributed by atoms with van der Waals surface area (Å²) in [5, 5.41) is 3.21. The summed E-state index contributed by atoms with van der Waals surface area (Å²) >= 11 is 0. The highest BCUT2D eigenvalue weighted by molar-refractivity contribution is 5.84.